The summed E-state index contributed by atoms with van der Waals surface area (Å²) in [5.41, 5.74) is 2.08. The van der Waals surface area contributed by atoms with E-state index in [2.05, 4.69) is 21.2 Å². The van der Waals surface area contributed by atoms with Gasteiger partial charge in [-0.3, -0.25) is 4.79 Å². The highest BCUT2D eigenvalue weighted by Gasteiger charge is 2.10. The van der Waals surface area contributed by atoms with Crippen molar-refractivity contribution in [2.45, 2.75) is 19.9 Å². The molecule has 0 spiro atoms. The predicted octanol–water partition coefficient (Wildman–Crippen LogP) is 4.02. The molecule has 23 heavy (non-hydrogen) atoms. The first-order valence-corrected chi connectivity index (χ1v) is 8.11. The highest BCUT2D eigenvalue weighted by molar-refractivity contribution is 9.10. The number of methoxy groups -OCH3 is 1. The van der Waals surface area contributed by atoms with Crippen LogP contribution in [0.3, 0.4) is 0 Å². The van der Waals surface area contributed by atoms with Crippen LogP contribution in [0.25, 0.3) is 0 Å². The number of amides is 1. The Labute approximate surface area is 144 Å². The third-order valence-corrected chi connectivity index (χ3v) is 4.38. The molecule has 0 aliphatic heterocycles. The van der Waals surface area contributed by atoms with E-state index in [1.165, 1.54) is 0 Å². The largest absolute Gasteiger partial charge is 0.497 e. The van der Waals surface area contributed by atoms with Crippen LogP contribution in [0.4, 0.5) is 0 Å². The molecule has 122 valence electrons. The highest BCUT2D eigenvalue weighted by Crippen LogP contribution is 2.21. The molecule has 1 amide bonds. The average molecular weight is 378 g/mol. The number of ether oxygens (including phenoxy) is 2. The second kappa shape index (κ2) is 8.02. The molecular formula is C18H20BrNO3. The molecule has 1 N–H and O–H groups in total. The van der Waals surface area contributed by atoms with Crippen molar-refractivity contribution < 1.29 is 14.3 Å². The van der Waals surface area contributed by atoms with E-state index in [9.17, 15) is 4.79 Å². The van der Waals surface area contributed by atoms with Crippen LogP contribution in [0.15, 0.2) is 46.9 Å². The van der Waals surface area contributed by atoms with Crippen LogP contribution in [0, 0.1) is 6.92 Å². The molecule has 2 aromatic carbocycles. The number of halogens is 1. The normalized spacial score (nSPS) is 11.7. The lowest BCUT2D eigenvalue weighted by Gasteiger charge is -2.15. The van der Waals surface area contributed by atoms with Crippen LogP contribution in [-0.4, -0.2) is 19.6 Å². The number of carbonyl (C=O) groups excluding carboxylic acids is 1. The molecule has 0 heterocycles. The molecule has 1 atom stereocenters. The summed E-state index contributed by atoms with van der Waals surface area (Å²) in [6, 6.07) is 13.1. The first kappa shape index (κ1) is 17.3. The van der Waals surface area contributed by atoms with Crippen molar-refractivity contribution in [2.24, 2.45) is 0 Å². The topological polar surface area (TPSA) is 47.6 Å². The fraction of sp³-hybridized carbons (Fsp3) is 0.278. The lowest BCUT2D eigenvalue weighted by atomic mass is 10.1. The Morgan fingerprint density at radius 2 is 1.83 bits per heavy atom. The van der Waals surface area contributed by atoms with E-state index >= 15 is 0 Å². The van der Waals surface area contributed by atoms with Gasteiger partial charge in [0, 0.05) is 4.47 Å². The Hall–Kier alpha value is -2.01. The molecule has 0 radical (unpaired) electrons. The third kappa shape index (κ3) is 4.99. The van der Waals surface area contributed by atoms with E-state index in [0.29, 0.717) is 5.75 Å². The van der Waals surface area contributed by atoms with Gasteiger partial charge in [0.25, 0.3) is 5.91 Å². The zero-order valence-electron chi connectivity index (χ0n) is 13.4. The second-order valence-electron chi connectivity index (χ2n) is 5.26. The van der Waals surface area contributed by atoms with Crippen LogP contribution in [-0.2, 0) is 4.79 Å². The maximum Gasteiger partial charge on any atom is 0.258 e. The van der Waals surface area contributed by atoms with Gasteiger partial charge in [-0.05, 0) is 55.3 Å². The minimum atomic E-state index is -0.158. The molecule has 0 saturated heterocycles. The van der Waals surface area contributed by atoms with Gasteiger partial charge in [0.15, 0.2) is 6.61 Å². The number of hydrogen-bond donors (Lipinski definition) is 1. The van der Waals surface area contributed by atoms with Gasteiger partial charge < -0.3 is 14.8 Å². The molecule has 0 bridgehead atoms. The fourth-order valence-electron chi connectivity index (χ4n) is 2.11. The maximum absolute atomic E-state index is 12.0. The molecule has 0 aromatic heterocycles. The van der Waals surface area contributed by atoms with Gasteiger partial charge in [0.05, 0.1) is 13.2 Å². The van der Waals surface area contributed by atoms with E-state index in [-0.39, 0.29) is 18.6 Å². The number of benzene rings is 2. The molecule has 0 saturated carbocycles. The summed E-state index contributed by atoms with van der Waals surface area (Å²) in [6.45, 7) is 3.90. The molecule has 0 fully saturated rings. The first-order chi connectivity index (χ1) is 11.0. The molecule has 2 rings (SSSR count). The number of carbonyl (C=O) groups is 1. The molecule has 4 nitrogen and oxygen atoms in total. The smallest absolute Gasteiger partial charge is 0.258 e. The fourth-order valence-corrected chi connectivity index (χ4v) is 2.36. The van der Waals surface area contributed by atoms with E-state index in [0.717, 1.165) is 21.3 Å². The number of rotatable bonds is 6. The molecule has 0 aliphatic rings. The van der Waals surface area contributed by atoms with Gasteiger partial charge in [-0.1, -0.05) is 28.1 Å². The van der Waals surface area contributed by atoms with E-state index in [1.807, 2.05) is 56.3 Å². The standard InChI is InChI=1S/C18H20BrNO3/c1-12-10-16(8-9-17(12)19)23-11-18(21)20-13(2)14-4-6-15(22-3)7-5-14/h4-10,13H,11H2,1-3H3,(H,20,21). The van der Waals surface area contributed by atoms with E-state index in [4.69, 9.17) is 9.47 Å². The molecule has 0 aliphatic carbocycles. The zero-order valence-corrected chi connectivity index (χ0v) is 15.0. The van der Waals surface area contributed by atoms with Crippen molar-refractivity contribution in [1.82, 2.24) is 5.32 Å². The van der Waals surface area contributed by atoms with Crippen LogP contribution in [0.5, 0.6) is 11.5 Å². The maximum atomic E-state index is 12.0. The van der Waals surface area contributed by atoms with E-state index in [1.54, 1.807) is 7.11 Å². The summed E-state index contributed by atoms with van der Waals surface area (Å²) in [5, 5.41) is 2.92. The Kier molecular flexibility index (Phi) is 6.04. The minimum Gasteiger partial charge on any atom is -0.497 e. The first-order valence-electron chi connectivity index (χ1n) is 7.32. The Morgan fingerprint density at radius 3 is 2.43 bits per heavy atom. The number of aryl methyl sites for hydroxylation is 1. The van der Waals surface area contributed by atoms with Gasteiger partial charge in [0.1, 0.15) is 11.5 Å². The van der Waals surface area contributed by atoms with Gasteiger partial charge in [-0.25, -0.2) is 0 Å². The van der Waals surface area contributed by atoms with Crippen LogP contribution in [0.1, 0.15) is 24.1 Å². The zero-order chi connectivity index (χ0) is 16.8. The van der Waals surface area contributed by atoms with Crippen molar-refractivity contribution >= 4 is 21.8 Å². The van der Waals surface area contributed by atoms with Crippen molar-refractivity contribution in [1.29, 1.82) is 0 Å². The van der Waals surface area contributed by atoms with Gasteiger partial charge in [-0.2, -0.15) is 0 Å². The summed E-state index contributed by atoms with van der Waals surface area (Å²) in [6.07, 6.45) is 0. The summed E-state index contributed by atoms with van der Waals surface area (Å²) < 4.78 is 11.7. The molecule has 2 aromatic rings. The van der Waals surface area contributed by atoms with Crippen molar-refractivity contribution in [3.63, 3.8) is 0 Å². The third-order valence-electron chi connectivity index (χ3n) is 3.49. The predicted molar refractivity (Wildman–Crippen MR) is 93.9 cm³/mol. The summed E-state index contributed by atoms with van der Waals surface area (Å²) in [4.78, 5) is 12.0. The van der Waals surface area contributed by atoms with Gasteiger partial charge in [-0.15, -0.1) is 0 Å². The lowest BCUT2D eigenvalue weighted by molar-refractivity contribution is -0.123. The SMILES string of the molecule is COc1ccc(C(C)NC(=O)COc2ccc(Br)c(C)c2)cc1. The molecule has 1 unspecified atom stereocenters. The van der Waals surface area contributed by atoms with Crippen LogP contribution < -0.4 is 14.8 Å². The van der Waals surface area contributed by atoms with Crippen molar-refractivity contribution in [3.8, 4) is 11.5 Å². The Morgan fingerprint density at radius 1 is 1.17 bits per heavy atom. The summed E-state index contributed by atoms with van der Waals surface area (Å²) >= 11 is 3.43. The monoisotopic (exact) mass is 377 g/mol. The molecular weight excluding hydrogens is 358 g/mol. The number of hydrogen-bond acceptors (Lipinski definition) is 3. The highest BCUT2D eigenvalue weighted by atomic mass is 79.9. The second-order valence-corrected chi connectivity index (χ2v) is 6.12. The van der Waals surface area contributed by atoms with Crippen molar-refractivity contribution in [3.05, 3.63) is 58.1 Å². The van der Waals surface area contributed by atoms with Gasteiger partial charge in [0.2, 0.25) is 0 Å². The van der Waals surface area contributed by atoms with Gasteiger partial charge >= 0.3 is 0 Å². The molecule has 5 heteroatoms. The lowest BCUT2D eigenvalue weighted by Crippen LogP contribution is -2.31. The van der Waals surface area contributed by atoms with Crippen molar-refractivity contribution in [2.75, 3.05) is 13.7 Å². The Balaban J connectivity index is 1.86. The quantitative estimate of drug-likeness (QED) is 0.826. The van der Waals surface area contributed by atoms with Crippen LogP contribution in [0.2, 0.25) is 0 Å². The Bertz CT molecular complexity index is 670. The minimum absolute atomic E-state index is 0.0123. The van der Waals surface area contributed by atoms with E-state index < -0.39 is 0 Å². The average Bonchev–Trinajstić information content (AvgIpc) is 2.56. The summed E-state index contributed by atoms with van der Waals surface area (Å²) in [5.74, 6) is 1.31. The van der Waals surface area contributed by atoms with Crippen LogP contribution >= 0.6 is 15.9 Å². The summed E-state index contributed by atoms with van der Waals surface area (Å²) in [7, 11) is 1.63. The number of nitrogens with one attached hydrogen (secondary N) is 1.